The molecule has 0 saturated heterocycles. The lowest BCUT2D eigenvalue weighted by molar-refractivity contribution is 0.0681. The van der Waals surface area contributed by atoms with Gasteiger partial charge < -0.3 is 21.1 Å². The Hall–Kier alpha value is -1.30. The highest BCUT2D eigenvalue weighted by atomic mass is 35.5. The topological polar surface area (TPSA) is 73.4 Å². The van der Waals surface area contributed by atoms with Crippen LogP contribution in [0.5, 0.6) is 0 Å². The van der Waals surface area contributed by atoms with Gasteiger partial charge in [0, 0.05) is 25.3 Å². The predicted molar refractivity (Wildman–Crippen MR) is 130 cm³/mol. The van der Waals surface area contributed by atoms with E-state index >= 15 is 0 Å². The maximum absolute atomic E-state index is 12.9. The van der Waals surface area contributed by atoms with Gasteiger partial charge in [-0.1, -0.05) is 44.7 Å². The summed E-state index contributed by atoms with van der Waals surface area (Å²) in [6, 6.07) is 5.54. The van der Waals surface area contributed by atoms with E-state index in [-0.39, 0.29) is 13.3 Å². The van der Waals surface area contributed by atoms with Crippen molar-refractivity contribution in [2.45, 2.75) is 70.8 Å². The molecule has 1 aromatic rings. The molecule has 0 heterocycles. The molecule has 2 bridgehead atoms. The van der Waals surface area contributed by atoms with Gasteiger partial charge >= 0.3 is 0 Å². The number of fused-ring (bicyclic) bond motifs is 2. The molecule has 2 radical (unpaired) electrons. The fourth-order valence-electron chi connectivity index (χ4n) is 5.06. The highest BCUT2D eigenvalue weighted by Crippen LogP contribution is 2.48. The van der Waals surface area contributed by atoms with Crippen molar-refractivity contribution < 1.29 is 9.90 Å². The number of aliphatic hydroxyl groups is 1. The fraction of sp³-hybridized carbons (Fsp3) is 0.680. The number of carbonyl (C=O) groups is 1. The monoisotopic (exact) mass is 449 g/mol. The molecule has 5 nitrogen and oxygen atoms in total. The Balaban J connectivity index is 0.00000341. The van der Waals surface area contributed by atoms with Gasteiger partial charge in [0.15, 0.2) is 0 Å². The first kappa shape index (κ1) is 26.0. The molecule has 4 N–H and O–H groups in total. The molecule has 0 unspecified atom stereocenters. The van der Waals surface area contributed by atoms with Crippen LogP contribution in [0.1, 0.15) is 75.6 Å². The Bertz CT molecular complexity index is 707. The van der Waals surface area contributed by atoms with Crippen LogP contribution in [0.15, 0.2) is 18.2 Å². The number of amides is 1. The van der Waals surface area contributed by atoms with E-state index in [1.54, 1.807) is 6.07 Å². The van der Waals surface area contributed by atoms with Gasteiger partial charge in [-0.15, -0.1) is 0 Å². The van der Waals surface area contributed by atoms with Crippen LogP contribution in [0, 0.1) is 18.8 Å². The molecule has 0 aromatic heterocycles. The van der Waals surface area contributed by atoms with Crippen molar-refractivity contribution in [1.82, 2.24) is 10.6 Å². The van der Waals surface area contributed by atoms with Crippen molar-refractivity contribution in [1.29, 1.82) is 0 Å². The molecule has 2 aliphatic rings. The van der Waals surface area contributed by atoms with Crippen molar-refractivity contribution in [3.8, 4) is 0 Å². The van der Waals surface area contributed by atoms with E-state index in [2.05, 4.69) is 16.0 Å². The fourth-order valence-corrected chi connectivity index (χ4v) is 5.26. The van der Waals surface area contributed by atoms with Gasteiger partial charge in [0.25, 0.3) is 5.91 Å². The van der Waals surface area contributed by atoms with Gasteiger partial charge in [-0.2, -0.15) is 0 Å². The minimum absolute atomic E-state index is 0. The zero-order valence-electron chi connectivity index (χ0n) is 19.2. The summed E-state index contributed by atoms with van der Waals surface area (Å²) in [6.45, 7) is 6.67. The van der Waals surface area contributed by atoms with Crippen LogP contribution in [0.4, 0.5) is 5.69 Å². The molecule has 3 rings (SSSR count). The number of halogens is 1. The Kier molecular flexibility index (Phi) is 9.66. The normalized spacial score (nSPS) is 23.0. The molecule has 2 saturated carbocycles. The first-order chi connectivity index (χ1) is 14.3. The number of hydrogen-bond donors (Lipinski definition) is 4. The highest BCUT2D eigenvalue weighted by molar-refractivity contribution is 6.34. The third-order valence-corrected chi connectivity index (χ3v) is 7.07. The standard InChI is InChI=1S/C24H38ClN3O2.CH2/c1-23(2,30)11-12-26-13-14-27-19-7-8-21(25)20(15-19)22(29)28-17-24-9-3-5-18(16-24)6-4-10-24;/h7-8,15,18,26-27,30H,3-6,9-14,16-17H2,1-2H3,(H,28,29);1H2. The number of anilines is 1. The second kappa shape index (κ2) is 11.5. The van der Waals surface area contributed by atoms with Crippen LogP contribution < -0.4 is 16.0 Å². The van der Waals surface area contributed by atoms with E-state index in [1.807, 2.05) is 26.0 Å². The first-order valence-corrected chi connectivity index (χ1v) is 11.9. The number of hydrogen-bond acceptors (Lipinski definition) is 4. The molecule has 0 aliphatic heterocycles. The van der Waals surface area contributed by atoms with E-state index in [0.717, 1.165) is 37.8 Å². The maximum atomic E-state index is 12.9. The lowest BCUT2D eigenvalue weighted by Crippen LogP contribution is -2.43. The summed E-state index contributed by atoms with van der Waals surface area (Å²) in [5.74, 6) is 0.784. The van der Waals surface area contributed by atoms with Crippen molar-refractivity contribution >= 4 is 23.2 Å². The average molecular weight is 450 g/mol. The smallest absolute Gasteiger partial charge is 0.252 e. The third-order valence-electron chi connectivity index (χ3n) is 6.74. The van der Waals surface area contributed by atoms with Gasteiger partial charge in [0.2, 0.25) is 0 Å². The van der Waals surface area contributed by atoms with E-state index in [0.29, 0.717) is 22.4 Å². The zero-order valence-corrected chi connectivity index (χ0v) is 20.0. The van der Waals surface area contributed by atoms with Crippen LogP contribution in [0.3, 0.4) is 0 Å². The Morgan fingerprint density at radius 3 is 2.58 bits per heavy atom. The summed E-state index contributed by atoms with van der Waals surface area (Å²) in [6.07, 6.45) is 9.77. The second-order valence-corrected chi connectivity index (χ2v) is 10.4. The van der Waals surface area contributed by atoms with Crippen LogP contribution in [0.2, 0.25) is 5.02 Å². The molecule has 0 atom stereocenters. The zero-order chi connectivity index (χ0) is 21.6. The number of benzene rings is 1. The average Bonchev–Trinajstić information content (AvgIpc) is 2.69. The van der Waals surface area contributed by atoms with Crippen molar-refractivity contribution in [3.05, 3.63) is 36.2 Å². The molecule has 31 heavy (non-hydrogen) atoms. The Morgan fingerprint density at radius 2 is 1.90 bits per heavy atom. The summed E-state index contributed by atoms with van der Waals surface area (Å²) >= 11 is 6.34. The molecule has 2 fully saturated rings. The second-order valence-electron chi connectivity index (χ2n) is 9.97. The molecule has 2 aliphatic carbocycles. The van der Waals surface area contributed by atoms with E-state index in [9.17, 15) is 9.90 Å². The summed E-state index contributed by atoms with van der Waals surface area (Å²) in [5.41, 5.74) is 1.08. The van der Waals surface area contributed by atoms with Gasteiger partial charge in [0.1, 0.15) is 0 Å². The Labute approximate surface area is 193 Å². The first-order valence-electron chi connectivity index (χ1n) is 11.5. The van der Waals surface area contributed by atoms with Gasteiger partial charge in [-0.05, 0) is 75.6 Å². The minimum atomic E-state index is -0.644. The van der Waals surface area contributed by atoms with Gasteiger partial charge in [-0.3, -0.25) is 4.79 Å². The predicted octanol–water partition coefficient (Wildman–Crippen LogP) is 4.92. The third kappa shape index (κ3) is 7.96. The molecule has 174 valence electrons. The molecule has 0 spiro atoms. The van der Waals surface area contributed by atoms with Crippen LogP contribution >= 0.6 is 11.6 Å². The van der Waals surface area contributed by atoms with Crippen LogP contribution in [-0.2, 0) is 0 Å². The van der Waals surface area contributed by atoms with Crippen LogP contribution in [0.25, 0.3) is 0 Å². The maximum Gasteiger partial charge on any atom is 0.252 e. The van der Waals surface area contributed by atoms with Crippen molar-refractivity contribution in [2.24, 2.45) is 11.3 Å². The molecule has 6 heteroatoms. The van der Waals surface area contributed by atoms with E-state index < -0.39 is 5.60 Å². The van der Waals surface area contributed by atoms with Crippen LogP contribution in [-0.4, -0.2) is 42.8 Å². The van der Waals surface area contributed by atoms with E-state index in [1.165, 1.54) is 44.9 Å². The molecule has 1 amide bonds. The van der Waals surface area contributed by atoms with E-state index in [4.69, 9.17) is 11.6 Å². The summed E-state index contributed by atoms with van der Waals surface area (Å²) < 4.78 is 0. The lowest BCUT2D eigenvalue weighted by atomic mass is 9.62. The quantitative estimate of drug-likeness (QED) is 0.382. The van der Waals surface area contributed by atoms with Crippen molar-refractivity contribution in [3.63, 3.8) is 0 Å². The van der Waals surface area contributed by atoms with Crippen molar-refractivity contribution in [2.75, 3.05) is 31.5 Å². The summed E-state index contributed by atoms with van der Waals surface area (Å²) in [4.78, 5) is 12.9. The molecular weight excluding hydrogens is 410 g/mol. The number of carbonyl (C=O) groups excluding carboxylic acids is 1. The molecular formula is C25H40ClN3O2. The molecule has 1 aromatic carbocycles. The highest BCUT2D eigenvalue weighted by Gasteiger charge is 2.39. The van der Waals surface area contributed by atoms with Gasteiger partial charge in [-0.25, -0.2) is 0 Å². The minimum Gasteiger partial charge on any atom is -0.390 e. The number of nitrogens with one attached hydrogen (secondary N) is 3. The Morgan fingerprint density at radius 1 is 1.19 bits per heavy atom. The van der Waals surface area contributed by atoms with Gasteiger partial charge in [0.05, 0.1) is 16.2 Å². The number of rotatable bonds is 10. The lowest BCUT2D eigenvalue weighted by Gasteiger charge is -2.45. The SMILES string of the molecule is CC(C)(O)CCNCCNc1ccc(Cl)c(C(=O)NCC23CCCC(CCC2)C3)c1.[CH2]. The summed E-state index contributed by atoms with van der Waals surface area (Å²) in [7, 11) is 0. The summed E-state index contributed by atoms with van der Waals surface area (Å²) in [5, 5.41) is 20.1. The largest absolute Gasteiger partial charge is 0.390 e.